The van der Waals surface area contributed by atoms with Gasteiger partial charge in [0.05, 0.1) is 28.2 Å². The number of hydrogen-bond donors (Lipinski definition) is 0. The van der Waals surface area contributed by atoms with Crippen LogP contribution in [-0.4, -0.2) is 11.5 Å². The summed E-state index contributed by atoms with van der Waals surface area (Å²) in [6, 6.07) is 25.7. The maximum atomic E-state index is 10.8. The molecule has 0 aromatic heterocycles. The fourth-order valence-electron chi connectivity index (χ4n) is 3.65. The molecule has 0 saturated heterocycles. The molecule has 7 heteroatoms. The number of non-ortho nitro benzene ring substituents is 1. The first kappa shape index (κ1) is 23.8. The van der Waals surface area contributed by atoms with E-state index in [9.17, 15) is 15.4 Å². The van der Waals surface area contributed by atoms with E-state index >= 15 is 0 Å². The van der Waals surface area contributed by atoms with Gasteiger partial charge in [-0.3, -0.25) is 10.1 Å². The summed E-state index contributed by atoms with van der Waals surface area (Å²) in [4.78, 5) is 10.4. The molecule has 0 radical (unpaired) electrons. The van der Waals surface area contributed by atoms with Gasteiger partial charge in [0.1, 0.15) is 6.61 Å². The number of allylic oxidation sites excluding steroid dienone is 1. The molecule has 35 heavy (non-hydrogen) atoms. The molecular weight excluding hydrogens is 464 g/mol. The van der Waals surface area contributed by atoms with Crippen molar-refractivity contribution in [3.05, 3.63) is 111 Å². The third-order valence-corrected chi connectivity index (χ3v) is 5.63. The number of benzene rings is 4. The zero-order valence-electron chi connectivity index (χ0n) is 18.9. The topological polar surface area (TPSA) is 85.4 Å². The Bertz CT molecular complexity index is 1460. The molecular formula is C28H21ClN2O4. The molecule has 4 aromatic carbocycles. The molecule has 0 amide bonds. The van der Waals surface area contributed by atoms with Crippen LogP contribution >= 0.6 is 11.6 Å². The van der Waals surface area contributed by atoms with Gasteiger partial charge < -0.3 is 9.47 Å². The van der Waals surface area contributed by atoms with Crippen LogP contribution in [-0.2, 0) is 6.61 Å². The maximum absolute atomic E-state index is 10.8. The third-order valence-electron chi connectivity index (χ3n) is 5.35. The number of nitro groups is 1. The van der Waals surface area contributed by atoms with Crippen LogP contribution in [0, 0.1) is 21.4 Å². The minimum atomic E-state index is -0.450. The number of hydrogen-bond acceptors (Lipinski definition) is 5. The molecule has 0 aliphatic heterocycles. The van der Waals surface area contributed by atoms with Crippen molar-refractivity contribution < 1.29 is 14.4 Å². The van der Waals surface area contributed by atoms with Crippen molar-refractivity contribution >= 4 is 39.7 Å². The van der Waals surface area contributed by atoms with Crippen molar-refractivity contribution in [1.82, 2.24) is 0 Å². The molecule has 0 bridgehead atoms. The minimum Gasteiger partial charge on any atom is -0.490 e. The highest BCUT2D eigenvalue weighted by Crippen LogP contribution is 2.38. The van der Waals surface area contributed by atoms with Crippen molar-refractivity contribution in [1.29, 1.82) is 5.26 Å². The molecule has 0 fully saturated rings. The second-order valence-electron chi connectivity index (χ2n) is 7.71. The van der Waals surface area contributed by atoms with Crippen LogP contribution in [0.4, 0.5) is 5.69 Å². The van der Waals surface area contributed by atoms with E-state index in [1.54, 1.807) is 30.3 Å². The van der Waals surface area contributed by atoms with Crippen molar-refractivity contribution in [3.63, 3.8) is 0 Å². The van der Waals surface area contributed by atoms with E-state index in [-0.39, 0.29) is 12.3 Å². The lowest BCUT2D eigenvalue weighted by atomic mass is 10.00. The standard InChI is InChI=1S/C28H21ClN2O4/c1-2-34-27-15-20(13-24(17-30)23-10-9-21-5-3-4-6-22(21)16-23)14-26(29)28(27)35-18-19-7-11-25(12-8-19)31(32)33/h3-16H,2,18H2,1H3/b24-13-. The predicted octanol–water partition coefficient (Wildman–Crippen LogP) is 7.44. The van der Waals surface area contributed by atoms with Crippen LogP contribution in [0.2, 0.25) is 5.02 Å². The minimum absolute atomic E-state index is 0.0117. The van der Waals surface area contributed by atoms with Crippen molar-refractivity contribution in [2.24, 2.45) is 0 Å². The Morgan fingerprint density at radius 3 is 2.46 bits per heavy atom. The van der Waals surface area contributed by atoms with E-state index in [1.165, 1.54) is 12.1 Å². The summed E-state index contributed by atoms with van der Waals surface area (Å²) >= 11 is 6.55. The molecule has 4 rings (SSSR count). The highest BCUT2D eigenvalue weighted by molar-refractivity contribution is 6.32. The monoisotopic (exact) mass is 484 g/mol. The van der Waals surface area contributed by atoms with E-state index in [4.69, 9.17) is 21.1 Å². The maximum Gasteiger partial charge on any atom is 0.269 e. The van der Waals surface area contributed by atoms with E-state index in [0.717, 1.165) is 21.9 Å². The Morgan fingerprint density at radius 2 is 1.77 bits per heavy atom. The number of fused-ring (bicyclic) bond motifs is 1. The molecule has 0 saturated carbocycles. The molecule has 174 valence electrons. The van der Waals surface area contributed by atoms with E-state index in [0.29, 0.717) is 34.3 Å². The zero-order chi connectivity index (χ0) is 24.8. The lowest BCUT2D eigenvalue weighted by Crippen LogP contribution is -2.01. The first-order chi connectivity index (χ1) is 17.0. The lowest BCUT2D eigenvalue weighted by Gasteiger charge is -2.15. The van der Waals surface area contributed by atoms with Gasteiger partial charge in [-0.1, -0.05) is 48.0 Å². The quantitative estimate of drug-likeness (QED) is 0.112. The fourth-order valence-corrected chi connectivity index (χ4v) is 3.92. The number of ether oxygens (including phenoxy) is 2. The molecule has 0 N–H and O–H groups in total. The largest absolute Gasteiger partial charge is 0.490 e. The molecule has 0 aliphatic rings. The highest BCUT2D eigenvalue weighted by Gasteiger charge is 2.14. The number of nitro benzene ring substituents is 1. The van der Waals surface area contributed by atoms with Crippen LogP contribution in [0.1, 0.15) is 23.6 Å². The van der Waals surface area contributed by atoms with Gasteiger partial charge in [0.25, 0.3) is 5.69 Å². The van der Waals surface area contributed by atoms with Gasteiger partial charge in [0.2, 0.25) is 0 Å². The van der Waals surface area contributed by atoms with Crippen LogP contribution in [0.15, 0.2) is 78.9 Å². The zero-order valence-corrected chi connectivity index (χ0v) is 19.7. The SMILES string of the molecule is CCOc1cc(/C=C(/C#N)c2ccc3ccccc3c2)cc(Cl)c1OCc1ccc([N+](=O)[O-])cc1. The Hall–Kier alpha value is -4.34. The second kappa shape index (κ2) is 10.7. The summed E-state index contributed by atoms with van der Waals surface area (Å²) in [6.45, 7) is 2.41. The third kappa shape index (κ3) is 5.60. The molecule has 0 atom stereocenters. The second-order valence-corrected chi connectivity index (χ2v) is 8.11. The van der Waals surface area contributed by atoms with Gasteiger partial charge in [-0.15, -0.1) is 0 Å². The molecule has 4 aromatic rings. The Labute approximate surface area is 207 Å². The Morgan fingerprint density at radius 1 is 1.03 bits per heavy atom. The van der Waals surface area contributed by atoms with Gasteiger partial charge in [-0.2, -0.15) is 5.26 Å². The summed E-state index contributed by atoms with van der Waals surface area (Å²) in [5.74, 6) is 0.817. The van der Waals surface area contributed by atoms with Crippen LogP contribution in [0.3, 0.4) is 0 Å². The van der Waals surface area contributed by atoms with Gasteiger partial charge in [-0.25, -0.2) is 0 Å². The summed E-state index contributed by atoms with van der Waals surface area (Å²) in [5.41, 5.74) is 2.76. The van der Waals surface area contributed by atoms with E-state index in [2.05, 4.69) is 6.07 Å². The average Bonchev–Trinajstić information content (AvgIpc) is 2.87. The molecule has 6 nitrogen and oxygen atoms in total. The number of nitriles is 1. The first-order valence-corrected chi connectivity index (χ1v) is 11.3. The van der Waals surface area contributed by atoms with Crippen molar-refractivity contribution in [2.45, 2.75) is 13.5 Å². The summed E-state index contributed by atoms with van der Waals surface area (Å²) in [5, 5.41) is 23.2. The Kier molecular flexibility index (Phi) is 7.30. The van der Waals surface area contributed by atoms with Crippen molar-refractivity contribution in [3.8, 4) is 17.6 Å². The first-order valence-electron chi connectivity index (χ1n) is 10.9. The number of halogens is 1. The summed E-state index contributed by atoms with van der Waals surface area (Å²) < 4.78 is 11.7. The highest BCUT2D eigenvalue weighted by atomic mass is 35.5. The molecule has 0 spiro atoms. The molecule has 0 aliphatic carbocycles. The van der Waals surface area contributed by atoms with Crippen molar-refractivity contribution in [2.75, 3.05) is 6.61 Å². The van der Waals surface area contributed by atoms with Gasteiger partial charge in [0, 0.05) is 12.1 Å². The average molecular weight is 485 g/mol. The Balaban J connectivity index is 1.62. The number of rotatable bonds is 8. The van der Waals surface area contributed by atoms with E-state index in [1.807, 2.05) is 49.4 Å². The normalized spacial score (nSPS) is 11.2. The van der Waals surface area contributed by atoms with Gasteiger partial charge in [-0.05, 0) is 70.8 Å². The smallest absolute Gasteiger partial charge is 0.269 e. The van der Waals surface area contributed by atoms with Gasteiger partial charge in [0.15, 0.2) is 11.5 Å². The van der Waals surface area contributed by atoms with Crippen LogP contribution in [0.5, 0.6) is 11.5 Å². The van der Waals surface area contributed by atoms with Crippen LogP contribution in [0.25, 0.3) is 22.4 Å². The molecule has 0 unspecified atom stereocenters. The predicted molar refractivity (Wildman–Crippen MR) is 137 cm³/mol. The van der Waals surface area contributed by atoms with Gasteiger partial charge >= 0.3 is 0 Å². The van der Waals surface area contributed by atoms with Crippen LogP contribution < -0.4 is 9.47 Å². The lowest BCUT2D eigenvalue weighted by molar-refractivity contribution is -0.384. The fraction of sp³-hybridized carbons (Fsp3) is 0.107. The van der Waals surface area contributed by atoms with E-state index < -0.39 is 4.92 Å². The molecule has 0 heterocycles. The number of nitrogens with zero attached hydrogens (tertiary/aromatic N) is 2. The summed E-state index contributed by atoms with van der Waals surface area (Å²) in [7, 11) is 0. The summed E-state index contributed by atoms with van der Waals surface area (Å²) in [6.07, 6.45) is 1.76.